The number of methoxy groups -OCH3 is 1. The first-order valence-electron chi connectivity index (χ1n) is 8.73. The second-order valence-electron chi connectivity index (χ2n) is 7.02. The van der Waals surface area contributed by atoms with Crippen LogP contribution in [0.25, 0.3) is 0 Å². The maximum absolute atomic E-state index is 13.0. The Bertz CT molecular complexity index is 638. The fourth-order valence-electron chi connectivity index (χ4n) is 4.02. The summed E-state index contributed by atoms with van der Waals surface area (Å²) in [4.78, 5) is 26.4. The number of rotatable bonds is 5. The zero-order valence-electron chi connectivity index (χ0n) is 14.8. The van der Waals surface area contributed by atoms with E-state index in [1.165, 1.54) is 0 Å². The number of nitrogens with zero attached hydrogens (tertiary/aromatic N) is 2. The topological polar surface area (TPSA) is 63.6 Å². The van der Waals surface area contributed by atoms with Crippen LogP contribution < -0.4 is 5.32 Å². The van der Waals surface area contributed by atoms with Gasteiger partial charge in [0.2, 0.25) is 5.91 Å². The largest absolute Gasteiger partial charge is 0.385 e. The molecule has 0 unspecified atom stereocenters. The fourth-order valence-corrected chi connectivity index (χ4v) is 4.02. The zero-order valence-corrected chi connectivity index (χ0v) is 14.8. The molecule has 0 aliphatic carbocycles. The summed E-state index contributed by atoms with van der Waals surface area (Å²) in [6.45, 7) is 7.79. The van der Waals surface area contributed by atoms with E-state index in [0.717, 1.165) is 43.1 Å². The molecular weight excluding hydrogens is 306 g/mol. The van der Waals surface area contributed by atoms with Gasteiger partial charge in [-0.05, 0) is 38.2 Å². The highest BCUT2D eigenvalue weighted by Crippen LogP contribution is 2.30. The molecule has 3 heterocycles. The van der Waals surface area contributed by atoms with E-state index in [1.54, 1.807) is 7.11 Å². The van der Waals surface area contributed by atoms with Crippen molar-refractivity contribution < 1.29 is 14.3 Å². The zero-order chi connectivity index (χ0) is 17.3. The fraction of sp³-hybridized carbons (Fsp3) is 0.667. The molecule has 2 saturated heterocycles. The van der Waals surface area contributed by atoms with Gasteiger partial charge < -0.3 is 19.5 Å². The van der Waals surface area contributed by atoms with Crippen molar-refractivity contribution in [3.8, 4) is 0 Å². The van der Waals surface area contributed by atoms with Crippen LogP contribution in [0, 0.1) is 25.7 Å². The van der Waals surface area contributed by atoms with Gasteiger partial charge in [0.15, 0.2) is 0 Å². The molecule has 24 heavy (non-hydrogen) atoms. The third-order valence-electron chi connectivity index (χ3n) is 5.41. The molecular formula is C18H27N3O3. The van der Waals surface area contributed by atoms with E-state index in [0.29, 0.717) is 31.3 Å². The molecule has 0 saturated carbocycles. The van der Waals surface area contributed by atoms with Crippen molar-refractivity contribution in [2.45, 2.75) is 33.2 Å². The average Bonchev–Trinajstić information content (AvgIpc) is 3.09. The van der Waals surface area contributed by atoms with Crippen LogP contribution in [-0.4, -0.2) is 54.6 Å². The molecule has 2 fully saturated rings. The molecule has 6 heteroatoms. The quantitative estimate of drug-likeness (QED) is 0.828. The molecule has 0 bridgehead atoms. The van der Waals surface area contributed by atoms with E-state index in [1.807, 2.05) is 24.8 Å². The molecule has 2 aliphatic heterocycles. The van der Waals surface area contributed by atoms with E-state index >= 15 is 0 Å². The Morgan fingerprint density at radius 1 is 1.33 bits per heavy atom. The summed E-state index contributed by atoms with van der Waals surface area (Å²) < 4.78 is 7.31. The highest BCUT2D eigenvalue weighted by atomic mass is 16.5. The predicted octanol–water partition coefficient (Wildman–Crippen LogP) is 1.35. The first kappa shape index (κ1) is 17.0. The van der Waals surface area contributed by atoms with Gasteiger partial charge in [-0.25, -0.2) is 0 Å². The van der Waals surface area contributed by atoms with Crippen LogP contribution >= 0.6 is 0 Å². The third-order valence-corrected chi connectivity index (χ3v) is 5.41. The lowest BCUT2D eigenvalue weighted by molar-refractivity contribution is -0.124. The van der Waals surface area contributed by atoms with Crippen LogP contribution in [0.5, 0.6) is 0 Å². The molecule has 0 spiro atoms. The summed E-state index contributed by atoms with van der Waals surface area (Å²) in [5.74, 6) is 0.926. The Morgan fingerprint density at radius 2 is 2.08 bits per heavy atom. The Labute approximate surface area is 143 Å². The number of fused-ring (bicyclic) bond motifs is 1. The monoisotopic (exact) mass is 333 g/mol. The van der Waals surface area contributed by atoms with Gasteiger partial charge in [-0.3, -0.25) is 9.59 Å². The predicted molar refractivity (Wildman–Crippen MR) is 90.9 cm³/mol. The van der Waals surface area contributed by atoms with Gasteiger partial charge in [0.05, 0.1) is 5.56 Å². The molecule has 1 aromatic rings. The van der Waals surface area contributed by atoms with Crippen LogP contribution in [0.1, 0.15) is 34.6 Å². The van der Waals surface area contributed by atoms with Gasteiger partial charge in [-0.15, -0.1) is 0 Å². The Morgan fingerprint density at radius 3 is 2.83 bits per heavy atom. The molecule has 1 N–H and O–H groups in total. The summed E-state index contributed by atoms with van der Waals surface area (Å²) in [7, 11) is 1.71. The van der Waals surface area contributed by atoms with E-state index < -0.39 is 0 Å². The van der Waals surface area contributed by atoms with Gasteiger partial charge in [-0.2, -0.15) is 0 Å². The molecule has 0 radical (unpaired) electrons. The smallest absolute Gasteiger partial charge is 0.255 e. The minimum atomic E-state index is 0.0999. The molecule has 1 aromatic heterocycles. The van der Waals surface area contributed by atoms with Crippen molar-refractivity contribution in [1.29, 1.82) is 0 Å². The molecule has 132 valence electrons. The van der Waals surface area contributed by atoms with Crippen LogP contribution in [0.3, 0.4) is 0 Å². The van der Waals surface area contributed by atoms with E-state index in [4.69, 9.17) is 4.74 Å². The van der Waals surface area contributed by atoms with Crippen molar-refractivity contribution in [3.63, 3.8) is 0 Å². The number of piperidine rings is 1. The number of carbonyl (C=O) groups is 2. The molecule has 3 rings (SSSR count). The van der Waals surface area contributed by atoms with Gasteiger partial charge in [0, 0.05) is 57.7 Å². The van der Waals surface area contributed by atoms with Crippen molar-refractivity contribution in [1.82, 2.24) is 14.8 Å². The normalized spacial score (nSPS) is 23.3. The van der Waals surface area contributed by atoms with Gasteiger partial charge in [-0.1, -0.05) is 0 Å². The van der Waals surface area contributed by atoms with E-state index in [-0.39, 0.29) is 11.8 Å². The van der Waals surface area contributed by atoms with E-state index in [9.17, 15) is 9.59 Å². The molecule has 2 aliphatic rings. The number of nitrogens with one attached hydrogen (secondary N) is 1. The summed E-state index contributed by atoms with van der Waals surface area (Å²) >= 11 is 0. The number of carbonyl (C=O) groups excluding carboxylic acids is 2. The number of hydrogen-bond acceptors (Lipinski definition) is 3. The van der Waals surface area contributed by atoms with Crippen LogP contribution in [-0.2, 0) is 16.1 Å². The number of amides is 2. The summed E-state index contributed by atoms with van der Waals surface area (Å²) in [6.07, 6.45) is 1.48. The van der Waals surface area contributed by atoms with Gasteiger partial charge >= 0.3 is 0 Å². The highest BCUT2D eigenvalue weighted by molar-refractivity contribution is 5.96. The number of likely N-dealkylation sites (tertiary alicyclic amines) is 1. The first-order chi connectivity index (χ1) is 11.5. The van der Waals surface area contributed by atoms with Crippen molar-refractivity contribution in [2.75, 3.05) is 33.4 Å². The Hall–Kier alpha value is -1.82. The molecule has 2 atom stereocenters. The molecule has 6 nitrogen and oxygen atoms in total. The Balaban J connectivity index is 1.71. The van der Waals surface area contributed by atoms with Crippen molar-refractivity contribution >= 4 is 11.8 Å². The van der Waals surface area contributed by atoms with Crippen LogP contribution in [0.4, 0.5) is 0 Å². The van der Waals surface area contributed by atoms with Crippen LogP contribution in [0.15, 0.2) is 6.07 Å². The number of ether oxygens (including phenoxy) is 1. The maximum atomic E-state index is 13.0. The summed E-state index contributed by atoms with van der Waals surface area (Å²) in [6, 6.07) is 2.00. The maximum Gasteiger partial charge on any atom is 0.255 e. The number of hydrogen-bond donors (Lipinski definition) is 1. The first-order valence-corrected chi connectivity index (χ1v) is 8.73. The lowest BCUT2D eigenvalue weighted by atomic mass is 9.89. The lowest BCUT2D eigenvalue weighted by Gasteiger charge is -2.23. The standard InChI is InChI=1S/C18H27N3O3/c1-12-7-16(13(2)21(12)5-4-6-24-3)18(23)20-10-14-8-17(22)19-9-15(14)11-20/h7,14-15H,4-6,8-11H2,1-3H3,(H,19,22)/t14-,15+/m0/s1. The van der Waals surface area contributed by atoms with Gasteiger partial charge in [0.25, 0.3) is 5.91 Å². The van der Waals surface area contributed by atoms with Crippen molar-refractivity contribution in [2.24, 2.45) is 11.8 Å². The number of aromatic nitrogens is 1. The minimum absolute atomic E-state index is 0.0999. The lowest BCUT2D eigenvalue weighted by Crippen LogP contribution is -2.40. The second kappa shape index (κ2) is 6.97. The third kappa shape index (κ3) is 3.20. The SMILES string of the molecule is COCCCn1c(C)cc(C(=O)N2C[C@H]3CNC(=O)C[C@H]3C2)c1C. The Kier molecular flexibility index (Phi) is 4.94. The molecule has 0 aromatic carbocycles. The second-order valence-corrected chi connectivity index (χ2v) is 7.02. The minimum Gasteiger partial charge on any atom is -0.385 e. The highest BCUT2D eigenvalue weighted by Gasteiger charge is 2.39. The average molecular weight is 333 g/mol. The molecule has 2 amide bonds. The number of aryl methyl sites for hydroxylation is 1. The van der Waals surface area contributed by atoms with Crippen LogP contribution in [0.2, 0.25) is 0 Å². The summed E-state index contributed by atoms with van der Waals surface area (Å²) in [5.41, 5.74) is 2.93. The summed E-state index contributed by atoms with van der Waals surface area (Å²) in [5, 5.41) is 2.91. The van der Waals surface area contributed by atoms with Crippen molar-refractivity contribution in [3.05, 3.63) is 23.0 Å². The van der Waals surface area contributed by atoms with E-state index in [2.05, 4.69) is 9.88 Å². The van der Waals surface area contributed by atoms with Gasteiger partial charge in [0.1, 0.15) is 0 Å².